The summed E-state index contributed by atoms with van der Waals surface area (Å²) in [7, 11) is 2.05. The first kappa shape index (κ1) is 9.55. The minimum Gasteiger partial charge on any atom is -0.397 e. The highest BCUT2D eigenvalue weighted by Gasteiger charge is 2.11. The molecule has 2 rings (SSSR count). The van der Waals surface area contributed by atoms with Gasteiger partial charge in [-0.05, 0) is 6.07 Å². The number of aromatic nitrogens is 1. The van der Waals surface area contributed by atoms with Crippen LogP contribution in [-0.2, 0) is 13.6 Å². The Morgan fingerprint density at radius 2 is 2.14 bits per heavy atom. The van der Waals surface area contributed by atoms with Crippen molar-refractivity contribution in [2.45, 2.75) is 6.54 Å². The number of anilines is 1. The van der Waals surface area contributed by atoms with E-state index in [1.54, 1.807) is 0 Å². The van der Waals surface area contributed by atoms with Gasteiger partial charge in [0, 0.05) is 57.3 Å². The van der Waals surface area contributed by atoms with Crippen LogP contribution in [0.1, 0.15) is 5.69 Å². The number of hydrogen-bond donors (Lipinski definition) is 2. The molecular weight excluding hydrogens is 176 g/mol. The predicted molar refractivity (Wildman–Crippen MR) is 58.0 cm³/mol. The maximum Gasteiger partial charge on any atom is 0.0497 e. The number of hydrogen-bond acceptors (Lipinski definition) is 3. The van der Waals surface area contributed by atoms with Crippen molar-refractivity contribution in [2.24, 2.45) is 7.05 Å². The van der Waals surface area contributed by atoms with E-state index in [9.17, 15) is 0 Å². The highest BCUT2D eigenvalue weighted by atomic mass is 15.2. The highest BCUT2D eigenvalue weighted by molar-refractivity contribution is 5.38. The summed E-state index contributed by atoms with van der Waals surface area (Å²) in [6.07, 6.45) is 1.97. The fourth-order valence-electron chi connectivity index (χ4n) is 1.89. The van der Waals surface area contributed by atoms with Crippen LogP contribution >= 0.6 is 0 Å². The molecule has 0 atom stereocenters. The molecule has 1 fully saturated rings. The summed E-state index contributed by atoms with van der Waals surface area (Å²) >= 11 is 0. The lowest BCUT2D eigenvalue weighted by Crippen LogP contribution is -2.43. The molecule has 1 aliphatic rings. The standard InChI is InChI=1S/C10H18N4/c1-13-7-9(11)6-10(13)8-14-4-2-12-3-5-14/h6-7,12H,2-5,8,11H2,1H3. The Hall–Kier alpha value is -1.00. The molecular formula is C10H18N4. The normalized spacial score (nSPS) is 18.6. The summed E-state index contributed by atoms with van der Waals surface area (Å²) in [6.45, 7) is 5.46. The Morgan fingerprint density at radius 3 is 2.71 bits per heavy atom. The van der Waals surface area contributed by atoms with Crippen molar-refractivity contribution in [3.8, 4) is 0 Å². The van der Waals surface area contributed by atoms with Crippen molar-refractivity contribution in [3.63, 3.8) is 0 Å². The van der Waals surface area contributed by atoms with Gasteiger partial charge in [-0.25, -0.2) is 0 Å². The molecule has 0 spiro atoms. The number of rotatable bonds is 2. The van der Waals surface area contributed by atoms with E-state index in [-0.39, 0.29) is 0 Å². The quantitative estimate of drug-likeness (QED) is 0.697. The molecule has 1 aromatic rings. The topological polar surface area (TPSA) is 46.2 Å². The van der Waals surface area contributed by atoms with E-state index in [4.69, 9.17) is 5.73 Å². The molecule has 1 saturated heterocycles. The zero-order chi connectivity index (χ0) is 9.97. The Kier molecular flexibility index (Phi) is 2.74. The van der Waals surface area contributed by atoms with Gasteiger partial charge in [0.25, 0.3) is 0 Å². The maximum atomic E-state index is 5.73. The molecule has 0 aromatic carbocycles. The highest BCUT2D eigenvalue weighted by Crippen LogP contribution is 2.11. The van der Waals surface area contributed by atoms with Gasteiger partial charge in [-0.3, -0.25) is 4.90 Å². The fraction of sp³-hybridized carbons (Fsp3) is 0.600. The number of aryl methyl sites for hydroxylation is 1. The van der Waals surface area contributed by atoms with E-state index in [0.717, 1.165) is 38.4 Å². The third-order valence-electron chi connectivity index (χ3n) is 2.72. The molecule has 0 bridgehead atoms. The second-order valence-electron chi connectivity index (χ2n) is 3.90. The van der Waals surface area contributed by atoms with E-state index < -0.39 is 0 Å². The SMILES string of the molecule is Cn1cc(N)cc1CN1CCNCC1. The molecule has 1 aliphatic heterocycles. The molecule has 0 radical (unpaired) electrons. The van der Waals surface area contributed by atoms with Gasteiger partial charge in [0.1, 0.15) is 0 Å². The van der Waals surface area contributed by atoms with Crippen LogP contribution in [-0.4, -0.2) is 35.6 Å². The van der Waals surface area contributed by atoms with Gasteiger partial charge in [0.15, 0.2) is 0 Å². The van der Waals surface area contributed by atoms with Crippen LogP contribution in [0.3, 0.4) is 0 Å². The lowest BCUT2D eigenvalue weighted by atomic mass is 10.3. The molecule has 4 nitrogen and oxygen atoms in total. The van der Waals surface area contributed by atoms with E-state index in [0.29, 0.717) is 0 Å². The summed E-state index contributed by atoms with van der Waals surface area (Å²) in [6, 6.07) is 2.06. The van der Waals surface area contributed by atoms with Gasteiger partial charge in [-0.2, -0.15) is 0 Å². The smallest absolute Gasteiger partial charge is 0.0497 e. The summed E-state index contributed by atoms with van der Waals surface area (Å²) in [5, 5.41) is 3.35. The lowest BCUT2D eigenvalue weighted by Gasteiger charge is -2.27. The maximum absolute atomic E-state index is 5.73. The van der Waals surface area contributed by atoms with Gasteiger partial charge >= 0.3 is 0 Å². The van der Waals surface area contributed by atoms with E-state index in [1.165, 1.54) is 5.69 Å². The van der Waals surface area contributed by atoms with Gasteiger partial charge in [-0.15, -0.1) is 0 Å². The summed E-state index contributed by atoms with van der Waals surface area (Å²) in [5.74, 6) is 0. The van der Waals surface area contributed by atoms with Crippen LogP contribution in [0.4, 0.5) is 5.69 Å². The second kappa shape index (κ2) is 4.02. The second-order valence-corrected chi connectivity index (χ2v) is 3.90. The van der Waals surface area contributed by atoms with Crippen LogP contribution in [0.5, 0.6) is 0 Å². The molecule has 4 heteroatoms. The van der Waals surface area contributed by atoms with Crippen molar-refractivity contribution in [2.75, 3.05) is 31.9 Å². The van der Waals surface area contributed by atoms with Gasteiger partial charge in [-0.1, -0.05) is 0 Å². The van der Waals surface area contributed by atoms with E-state index in [1.807, 2.05) is 13.2 Å². The minimum absolute atomic E-state index is 0.859. The van der Waals surface area contributed by atoms with Crippen molar-refractivity contribution in [3.05, 3.63) is 18.0 Å². The van der Waals surface area contributed by atoms with Gasteiger partial charge < -0.3 is 15.6 Å². The minimum atomic E-state index is 0.859. The molecule has 1 aromatic heterocycles. The Labute approximate surface area is 84.7 Å². The first-order valence-electron chi connectivity index (χ1n) is 5.09. The predicted octanol–water partition coefficient (Wildman–Crippen LogP) is 0.0125. The molecule has 0 amide bonds. The zero-order valence-electron chi connectivity index (χ0n) is 8.66. The van der Waals surface area contributed by atoms with Crippen molar-refractivity contribution < 1.29 is 0 Å². The first-order chi connectivity index (χ1) is 6.75. The molecule has 0 unspecified atom stereocenters. The monoisotopic (exact) mass is 194 g/mol. The summed E-state index contributed by atoms with van der Waals surface area (Å²) < 4.78 is 2.11. The van der Waals surface area contributed by atoms with E-state index in [2.05, 4.69) is 20.9 Å². The lowest BCUT2D eigenvalue weighted by molar-refractivity contribution is 0.229. The Bertz CT molecular complexity index is 299. The third-order valence-corrected chi connectivity index (χ3v) is 2.72. The van der Waals surface area contributed by atoms with Gasteiger partial charge in [0.2, 0.25) is 0 Å². The summed E-state index contributed by atoms with van der Waals surface area (Å²) in [5.41, 5.74) is 7.89. The number of nitrogens with two attached hydrogens (primary N) is 1. The molecule has 14 heavy (non-hydrogen) atoms. The molecule has 3 N–H and O–H groups in total. The average Bonchev–Trinajstić information content (AvgIpc) is 2.47. The summed E-state index contributed by atoms with van der Waals surface area (Å²) in [4.78, 5) is 2.45. The molecule has 2 heterocycles. The van der Waals surface area contributed by atoms with Crippen LogP contribution in [0.25, 0.3) is 0 Å². The number of nitrogen functional groups attached to an aromatic ring is 1. The number of nitrogens with zero attached hydrogens (tertiary/aromatic N) is 2. The third kappa shape index (κ3) is 2.08. The van der Waals surface area contributed by atoms with Crippen molar-refractivity contribution in [1.82, 2.24) is 14.8 Å². The van der Waals surface area contributed by atoms with Gasteiger partial charge in [0.05, 0.1) is 0 Å². The Morgan fingerprint density at radius 1 is 1.43 bits per heavy atom. The van der Waals surface area contributed by atoms with Crippen LogP contribution in [0.2, 0.25) is 0 Å². The average molecular weight is 194 g/mol. The molecule has 0 saturated carbocycles. The molecule has 78 valence electrons. The fourth-order valence-corrected chi connectivity index (χ4v) is 1.89. The first-order valence-corrected chi connectivity index (χ1v) is 5.09. The zero-order valence-corrected chi connectivity index (χ0v) is 8.66. The van der Waals surface area contributed by atoms with Crippen LogP contribution in [0.15, 0.2) is 12.3 Å². The Balaban J connectivity index is 1.98. The van der Waals surface area contributed by atoms with Crippen LogP contribution < -0.4 is 11.1 Å². The largest absolute Gasteiger partial charge is 0.397 e. The van der Waals surface area contributed by atoms with Crippen LogP contribution in [0, 0.1) is 0 Å². The van der Waals surface area contributed by atoms with Crippen molar-refractivity contribution in [1.29, 1.82) is 0 Å². The molecule has 0 aliphatic carbocycles. The number of nitrogens with one attached hydrogen (secondary N) is 1. The van der Waals surface area contributed by atoms with E-state index >= 15 is 0 Å². The number of piperazine rings is 1. The van der Waals surface area contributed by atoms with Crippen molar-refractivity contribution >= 4 is 5.69 Å².